The molecule has 4 rings (SSSR count). The van der Waals surface area contributed by atoms with Gasteiger partial charge >= 0.3 is 0 Å². The molecule has 0 aliphatic carbocycles. The van der Waals surface area contributed by atoms with Crippen LogP contribution in [0.5, 0.6) is 0 Å². The minimum Gasteiger partial charge on any atom is -0.379 e. The van der Waals surface area contributed by atoms with Crippen LogP contribution in [0.3, 0.4) is 0 Å². The molecule has 1 unspecified atom stereocenters. The number of ether oxygens (including phenoxy) is 1. The molecule has 4 heterocycles. The van der Waals surface area contributed by atoms with Gasteiger partial charge in [0.05, 0.1) is 13.2 Å². The molecule has 2 aromatic heterocycles. The van der Waals surface area contributed by atoms with E-state index in [4.69, 9.17) is 4.74 Å². The highest BCUT2D eigenvalue weighted by molar-refractivity contribution is 7.11. The maximum absolute atomic E-state index is 6.00. The summed E-state index contributed by atoms with van der Waals surface area (Å²) in [5.41, 5.74) is 0.236. The van der Waals surface area contributed by atoms with Crippen molar-refractivity contribution in [2.75, 3.05) is 44.3 Å². The summed E-state index contributed by atoms with van der Waals surface area (Å²) in [6.45, 7) is 9.22. The van der Waals surface area contributed by atoms with Crippen molar-refractivity contribution in [2.24, 2.45) is 5.41 Å². The van der Waals surface area contributed by atoms with E-state index in [0.717, 1.165) is 51.8 Å². The van der Waals surface area contributed by atoms with Crippen molar-refractivity contribution in [1.82, 2.24) is 9.88 Å². The molecule has 1 spiro atoms. The number of rotatable bonds is 3. The lowest BCUT2D eigenvalue weighted by atomic mass is 9.87. The van der Waals surface area contributed by atoms with E-state index in [2.05, 4.69) is 46.0 Å². The molecule has 0 radical (unpaired) electrons. The molecule has 0 saturated carbocycles. The molecule has 2 aromatic rings. The summed E-state index contributed by atoms with van der Waals surface area (Å²) in [6, 6.07) is 10.7. The predicted molar refractivity (Wildman–Crippen MR) is 98.7 cm³/mol. The van der Waals surface area contributed by atoms with Crippen LogP contribution in [0.25, 0.3) is 0 Å². The van der Waals surface area contributed by atoms with E-state index in [0.29, 0.717) is 0 Å². The average molecular weight is 343 g/mol. The number of thiophene rings is 1. The maximum atomic E-state index is 6.00. The fraction of sp³-hybridized carbons (Fsp3) is 0.526. The summed E-state index contributed by atoms with van der Waals surface area (Å²) in [4.78, 5) is 12.4. The van der Waals surface area contributed by atoms with Crippen molar-refractivity contribution in [2.45, 2.75) is 19.9 Å². The molecule has 2 fully saturated rings. The molecule has 0 bridgehead atoms. The number of hydrogen-bond acceptors (Lipinski definition) is 5. The van der Waals surface area contributed by atoms with Gasteiger partial charge in [0.1, 0.15) is 5.82 Å². The van der Waals surface area contributed by atoms with Crippen LogP contribution in [0, 0.1) is 12.3 Å². The molecule has 5 heteroatoms. The number of nitrogens with zero attached hydrogens (tertiary/aromatic N) is 3. The van der Waals surface area contributed by atoms with Crippen molar-refractivity contribution in [3.63, 3.8) is 0 Å². The molecule has 2 aliphatic heterocycles. The van der Waals surface area contributed by atoms with E-state index in [1.807, 2.05) is 23.6 Å². The molecule has 1 atom stereocenters. The lowest BCUT2D eigenvalue weighted by molar-refractivity contribution is 0.0798. The van der Waals surface area contributed by atoms with E-state index < -0.39 is 0 Å². The van der Waals surface area contributed by atoms with E-state index in [-0.39, 0.29) is 5.41 Å². The third-order valence-electron chi connectivity index (χ3n) is 5.11. The van der Waals surface area contributed by atoms with Crippen molar-refractivity contribution in [1.29, 1.82) is 0 Å². The molecule has 0 aromatic carbocycles. The minimum absolute atomic E-state index is 0.236. The first-order valence-corrected chi connectivity index (χ1v) is 9.56. The van der Waals surface area contributed by atoms with Gasteiger partial charge in [-0.25, -0.2) is 4.98 Å². The summed E-state index contributed by atoms with van der Waals surface area (Å²) in [6.07, 6.45) is 3.07. The van der Waals surface area contributed by atoms with Crippen LogP contribution in [-0.4, -0.2) is 49.3 Å². The molecule has 0 N–H and O–H groups in total. The third-order valence-corrected chi connectivity index (χ3v) is 6.09. The van der Waals surface area contributed by atoms with Gasteiger partial charge in [-0.05, 0) is 37.6 Å². The van der Waals surface area contributed by atoms with Crippen molar-refractivity contribution in [3.8, 4) is 0 Å². The van der Waals surface area contributed by atoms with Gasteiger partial charge < -0.3 is 9.64 Å². The topological polar surface area (TPSA) is 28.6 Å². The largest absolute Gasteiger partial charge is 0.379 e. The number of anilines is 1. The van der Waals surface area contributed by atoms with Crippen LogP contribution in [0.15, 0.2) is 36.5 Å². The highest BCUT2D eigenvalue weighted by Gasteiger charge is 2.41. The Morgan fingerprint density at radius 2 is 2.17 bits per heavy atom. The smallest absolute Gasteiger partial charge is 0.128 e. The average Bonchev–Trinajstić information content (AvgIpc) is 3.13. The predicted octanol–water partition coefficient (Wildman–Crippen LogP) is 3.18. The first kappa shape index (κ1) is 16.1. The van der Waals surface area contributed by atoms with Crippen molar-refractivity contribution in [3.05, 3.63) is 46.3 Å². The molecule has 0 amide bonds. The first-order chi connectivity index (χ1) is 11.7. The van der Waals surface area contributed by atoms with Crippen LogP contribution in [0.4, 0.5) is 5.82 Å². The summed E-state index contributed by atoms with van der Waals surface area (Å²) in [5, 5.41) is 0. The van der Waals surface area contributed by atoms with Gasteiger partial charge in [-0.3, -0.25) is 4.90 Å². The Morgan fingerprint density at radius 3 is 2.96 bits per heavy atom. The van der Waals surface area contributed by atoms with E-state index in [9.17, 15) is 0 Å². The molecule has 128 valence electrons. The fourth-order valence-electron chi connectivity index (χ4n) is 3.93. The maximum Gasteiger partial charge on any atom is 0.128 e. The second kappa shape index (κ2) is 6.82. The number of aryl methyl sites for hydroxylation is 1. The van der Waals surface area contributed by atoms with Crippen molar-refractivity contribution >= 4 is 17.2 Å². The monoisotopic (exact) mass is 343 g/mol. The zero-order chi connectivity index (χ0) is 16.4. The zero-order valence-corrected chi connectivity index (χ0v) is 15.1. The van der Waals surface area contributed by atoms with Gasteiger partial charge in [0.2, 0.25) is 0 Å². The summed E-state index contributed by atoms with van der Waals surface area (Å²) < 4.78 is 6.00. The van der Waals surface area contributed by atoms with Gasteiger partial charge in [-0.15, -0.1) is 11.3 Å². The standard InChI is InChI=1S/C19H25N3OS/c1-16-5-6-17(24-16)12-21-10-11-23-15-19(13-21)7-9-22(14-19)18-4-2-3-8-20-18/h2-6,8H,7,9-15H2,1H3. The number of aromatic nitrogens is 1. The Kier molecular flexibility index (Phi) is 4.57. The Labute approximate surface area is 148 Å². The lowest BCUT2D eigenvalue weighted by Crippen LogP contribution is -2.40. The van der Waals surface area contributed by atoms with Crippen LogP contribution >= 0.6 is 11.3 Å². The molecule has 2 aliphatic rings. The highest BCUT2D eigenvalue weighted by atomic mass is 32.1. The van der Waals surface area contributed by atoms with Gasteiger partial charge in [-0.2, -0.15) is 0 Å². The zero-order valence-electron chi connectivity index (χ0n) is 14.3. The fourth-order valence-corrected chi connectivity index (χ4v) is 4.86. The van der Waals surface area contributed by atoms with Gasteiger partial charge in [0, 0.05) is 54.1 Å². The normalized spacial score (nSPS) is 25.3. The second-order valence-electron chi connectivity index (χ2n) is 7.14. The quantitative estimate of drug-likeness (QED) is 0.856. The third kappa shape index (κ3) is 3.48. The van der Waals surface area contributed by atoms with Crippen LogP contribution < -0.4 is 4.90 Å². The number of hydrogen-bond donors (Lipinski definition) is 0. The van der Waals surface area contributed by atoms with Crippen LogP contribution in [0.1, 0.15) is 16.2 Å². The molecule has 4 nitrogen and oxygen atoms in total. The lowest BCUT2D eigenvalue weighted by Gasteiger charge is -2.31. The van der Waals surface area contributed by atoms with Crippen LogP contribution in [-0.2, 0) is 11.3 Å². The molecule has 2 saturated heterocycles. The Hall–Kier alpha value is -1.43. The van der Waals surface area contributed by atoms with E-state index >= 15 is 0 Å². The van der Waals surface area contributed by atoms with Gasteiger partial charge in [-0.1, -0.05) is 6.07 Å². The summed E-state index contributed by atoms with van der Waals surface area (Å²) in [7, 11) is 0. The van der Waals surface area contributed by atoms with Crippen molar-refractivity contribution < 1.29 is 4.74 Å². The van der Waals surface area contributed by atoms with E-state index in [1.54, 1.807) is 0 Å². The van der Waals surface area contributed by atoms with Gasteiger partial charge in [0.25, 0.3) is 0 Å². The Balaban J connectivity index is 1.46. The first-order valence-electron chi connectivity index (χ1n) is 8.74. The number of pyridine rings is 1. The second-order valence-corrected chi connectivity index (χ2v) is 8.51. The minimum atomic E-state index is 0.236. The molecular formula is C19H25N3OS. The van der Waals surface area contributed by atoms with Gasteiger partial charge in [0.15, 0.2) is 0 Å². The summed E-state index contributed by atoms with van der Waals surface area (Å²) in [5.74, 6) is 1.10. The Bertz CT molecular complexity index is 674. The van der Waals surface area contributed by atoms with Crippen LogP contribution in [0.2, 0.25) is 0 Å². The molecule has 24 heavy (non-hydrogen) atoms. The summed E-state index contributed by atoms with van der Waals surface area (Å²) >= 11 is 1.91. The SMILES string of the molecule is Cc1ccc(CN2CCOCC3(CCN(c4ccccn4)C3)C2)s1. The Morgan fingerprint density at radius 1 is 1.21 bits per heavy atom. The van der Waals surface area contributed by atoms with E-state index in [1.165, 1.54) is 16.2 Å². The molecular weight excluding hydrogens is 318 g/mol. The highest BCUT2D eigenvalue weighted by Crippen LogP contribution is 2.35.